The van der Waals surface area contributed by atoms with Gasteiger partial charge in [0.05, 0.1) is 12.3 Å². The van der Waals surface area contributed by atoms with Crippen LogP contribution in [0, 0.1) is 0 Å². The SMILES string of the molecule is OC1CCN(c2ccc3ncc(NCc4cnc5[nH]ccc5c4)nc3n2)CC1. The van der Waals surface area contributed by atoms with Crippen molar-refractivity contribution >= 4 is 33.8 Å². The van der Waals surface area contributed by atoms with E-state index in [1.807, 2.05) is 30.6 Å². The Labute approximate surface area is 161 Å². The largest absolute Gasteiger partial charge is 0.393 e. The third-order valence-electron chi connectivity index (χ3n) is 5.11. The van der Waals surface area contributed by atoms with Gasteiger partial charge in [0.1, 0.15) is 22.8 Å². The maximum absolute atomic E-state index is 9.70. The fourth-order valence-corrected chi connectivity index (χ4v) is 3.52. The summed E-state index contributed by atoms with van der Waals surface area (Å²) in [7, 11) is 0. The lowest BCUT2D eigenvalue weighted by molar-refractivity contribution is 0.145. The Hall–Kier alpha value is -3.26. The summed E-state index contributed by atoms with van der Waals surface area (Å²) in [4.78, 5) is 23.5. The van der Waals surface area contributed by atoms with Crippen molar-refractivity contribution in [1.82, 2.24) is 24.9 Å². The molecule has 4 aromatic heterocycles. The number of aliphatic hydroxyl groups is 1. The summed E-state index contributed by atoms with van der Waals surface area (Å²) in [5.41, 5.74) is 3.34. The van der Waals surface area contributed by atoms with E-state index in [1.165, 1.54) is 0 Å². The van der Waals surface area contributed by atoms with Crippen molar-refractivity contribution in [3.05, 3.63) is 48.4 Å². The van der Waals surface area contributed by atoms with Gasteiger partial charge in [-0.3, -0.25) is 0 Å². The number of aromatic nitrogens is 5. The average molecular weight is 375 g/mol. The van der Waals surface area contributed by atoms with Crippen LogP contribution in [-0.4, -0.2) is 49.2 Å². The standard InChI is InChI=1S/C20H21N7O/c28-15-4-7-27(8-5-15)18-2-1-16-20(26-18)25-17(12-22-16)23-10-13-9-14-3-6-21-19(14)24-11-13/h1-3,6,9,11-12,15,28H,4-5,7-8,10H2,(H,21,24)(H,23,25,26). The minimum atomic E-state index is -0.202. The monoisotopic (exact) mass is 375 g/mol. The Balaban J connectivity index is 1.34. The fraction of sp³-hybridized carbons (Fsp3) is 0.300. The minimum absolute atomic E-state index is 0.202. The molecule has 1 aliphatic rings. The van der Waals surface area contributed by atoms with E-state index >= 15 is 0 Å². The molecule has 1 aliphatic heterocycles. The molecule has 0 bridgehead atoms. The molecule has 8 nitrogen and oxygen atoms in total. The number of anilines is 2. The quantitative estimate of drug-likeness (QED) is 0.503. The van der Waals surface area contributed by atoms with Crippen LogP contribution >= 0.6 is 0 Å². The first-order valence-electron chi connectivity index (χ1n) is 9.47. The first-order valence-corrected chi connectivity index (χ1v) is 9.47. The van der Waals surface area contributed by atoms with Crippen molar-refractivity contribution < 1.29 is 5.11 Å². The van der Waals surface area contributed by atoms with Crippen molar-refractivity contribution in [3.8, 4) is 0 Å². The molecule has 1 fully saturated rings. The molecule has 0 unspecified atom stereocenters. The number of nitrogens with zero attached hydrogens (tertiary/aromatic N) is 5. The van der Waals surface area contributed by atoms with Crippen molar-refractivity contribution in [2.24, 2.45) is 0 Å². The van der Waals surface area contributed by atoms with Crippen LogP contribution in [0.4, 0.5) is 11.6 Å². The van der Waals surface area contributed by atoms with Gasteiger partial charge in [0, 0.05) is 37.4 Å². The lowest BCUT2D eigenvalue weighted by Crippen LogP contribution is -2.36. The van der Waals surface area contributed by atoms with Crippen molar-refractivity contribution in [2.75, 3.05) is 23.3 Å². The predicted octanol–water partition coefficient (Wildman–Crippen LogP) is 2.47. The number of H-pyrrole nitrogens is 1. The van der Waals surface area contributed by atoms with Crippen molar-refractivity contribution in [1.29, 1.82) is 0 Å². The lowest BCUT2D eigenvalue weighted by Gasteiger charge is -2.30. The summed E-state index contributed by atoms with van der Waals surface area (Å²) >= 11 is 0. The van der Waals surface area contributed by atoms with E-state index in [0.29, 0.717) is 18.0 Å². The smallest absolute Gasteiger partial charge is 0.182 e. The second kappa shape index (κ2) is 7.05. The first kappa shape index (κ1) is 16.9. The number of fused-ring (bicyclic) bond motifs is 2. The van der Waals surface area contributed by atoms with Crippen LogP contribution in [0.2, 0.25) is 0 Å². The van der Waals surface area contributed by atoms with Gasteiger partial charge >= 0.3 is 0 Å². The van der Waals surface area contributed by atoms with Crippen LogP contribution in [-0.2, 0) is 6.54 Å². The third-order valence-corrected chi connectivity index (χ3v) is 5.11. The Bertz CT molecular complexity index is 1120. The molecule has 0 amide bonds. The van der Waals surface area contributed by atoms with E-state index < -0.39 is 0 Å². The van der Waals surface area contributed by atoms with Crippen molar-refractivity contribution in [2.45, 2.75) is 25.5 Å². The number of aromatic amines is 1. The van der Waals surface area contributed by atoms with E-state index in [4.69, 9.17) is 0 Å². The van der Waals surface area contributed by atoms with Crippen LogP contribution in [0.5, 0.6) is 0 Å². The van der Waals surface area contributed by atoms with Gasteiger partial charge < -0.3 is 20.3 Å². The van der Waals surface area contributed by atoms with Crippen LogP contribution in [0.1, 0.15) is 18.4 Å². The molecule has 0 radical (unpaired) electrons. The van der Waals surface area contributed by atoms with Crippen LogP contribution < -0.4 is 10.2 Å². The second-order valence-electron chi connectivity index (χ2n) is 7.10. The van der Waals surface area contributed by atoms with E-state index in [0.717, 1.165) is 53.9 Å². The summed E-state index contributed by atoms with van der Waals surface area (Å²) in [6, 6.07) is 8.02. The van der Waals surface area contributed by atoms with Crippen LogP contribution in [0.25, 0.3) is 22.2 Å². The number of nitrogens with one attached hydrogen (secondary N) is 2. The number of hydrogen-bond acceptors (Lipinski definition) is 7. The maximum atomic E-state index is 9.70. The first-order chi connectivity index (χ1) is 13.7. The molecule has 1 saturated heterocycles. The zero-order valence-corrected chi connectivity index (χ0v) is 15.3. The molecule has 8 heteroatoms. The van der Waals surface area contributed by atoms with Gasteiger partial charge in [-0.25, -0.2) is 19.9 Å². The summed E-state index contributed by atoms with van der Waals surface area (Å²) in [5, 5.41) is 14.1. The molecule has 5 rings (SSSR count). The Morgan fingerprint density at radius 1 is 1.11 bits per heavy atom. The molecule has 142 valence electrons. The molecule has 28 heavy (non-hydrogen) atoms. The topological polar surface area (TPSA) is 103 Å². The number of hydrogen-bond donors (Lipinski definition) is 3. The molecular weight excluding hydrogens is 354 g/mol. The molecule has 5 heterocycles. The summed E-state index contributed by atoms with van der Waals surface area (Å²) in [5.74, 6) is 1.56. The predicted molar refractivity (Wildman–Crippen MR) is 108 cm³/mol. The minimum Gasteiger partial charge on any atom is -0.393 e. The molecule has 0 atom stereocenters. The van der Waals surface area contributed by atoms with Gasteiger partial charge in [-0.1, -0.05) is 0 Å². The van der Waals surface area contributed by atoms with E-state index in [2.05, 4.69) is 41.2 Å². The van der Waals surface area contributed by atoms with Crippen LogP contribution in [0.3, 0.4) is 0 Å². The molecule has 0 aliphatic carbocycles. The highest BCUT2D eigenvalue weighted by molar-refractivity contribution is 5.76. The summed E-state index contributed by atoms with van der Waals surface area (Å²) in [6.45, 7) is 2.22. The van der Waals surface area contributed by atoms with Gasteiger partial charge in [0.25, 0.3) is 0 Å². The highest BCUT2D eigenvalue weighted by atomic mass is 16.3. The van der Waals surface area contributed by atoms with Gasteiger partial charge in [-0.15, -0.1) is 0 Å². The highest BCUT2D eigenvalue weighted by Gasteiger charge is 2.18. The Morgan fingerprint density at radius 2 is 2.00 bits per heavy atom. The summed E-state index contributed by atoms with van der Waals surface area (Å²) in [6.07, 6.45) is 6.80. The highest BCUT2D eigenvalue weighted by Crippen LogP contribution is 2.21. The van der Waals surface area contributed by atoms with Gasteiger partial charge in [-0.05, 0) is 42.7 Å². The third kappa shape index (κ3) is 3.34. The molecule has 0 aromatic carbocycles. The zero-order chi connectivity index (χ0) is 18.9. The number of aliphatic hydroxyl groups excluding tert-OH is 1. The summed E-state index contributed by atoms with van der Waals surface area (Å²) < 4.78 is 0. The number of rotatable bonds is 4. The molecule has 4 aromatic rings. The number of pyridine rings is 2. The van der Waals surface area contributed by atoms with Gasteiger partial charge in [0.15, 0.2) is 5.65 Å². The van der Waals surface area contributed by atoms with Gasteiger partial charge in [-0.2, -0.15) is 0 Å². The molecule has 0 spiro atoms. The molecule has 3 N–H and O–H groups in total. The van der Waals surface area contributed by atoms with E-state index in [9.17, 15) is 5.11 Å². The molecular formula is C20H21N7O. The zero-order valence-electron chi connectivity index (χ0n) is 15.3. The van der Waals surface area contributed by atoms with Crippen LogP contribution in [0.15, 0.2) is 42.9 Å². The Morgan fingerprint density at radius 3 is 2.89 bits per heavy atom. The van der Waals surface area contributed by atoms with E-state index in [-0.39, 0.29) is 6.10 Å². The molecule has 0 saturated carbocycles. The lowest BCUT2D eigenvalue weighted by atomic mass is 10.1. The van der Waals surface area contributed by atoms with Gasteiger partial charge in [0.2, 0.25) is 0 Å². The van der Waals surface area contributed by atoms with Crippen molar-refractivity contribution in [3.63, 3.8) is 0 Å². The number of piperidine rings is 1. The Kier molecular flexibility index (Phi) is 4.25. The second-order valence-corrected chi connectivity index (χ2v) is 7.10. The van der Waals surface area contributed by atoms with E-state index in [1.54, 1.807) is 6.20 Å². The maximum Gasteiger partial charge on any atom is 0.182 e. The normalized spacial score (nSPS) is 15.4. The average Bonchev–Trinajstić information content (AvgIpc) is 3.20. The fourth-order valence-electron chi connectivity index (χ4n) is 3.52.